The van der Waals surface area contributed by atoms with Crippen molar-refractivity contribution in [3.63, 3.8) is 0 Å². The Morgan fingerprint density at radius 3 is 3.00 bits per heavy atom. The van der Waals surface area contributed by atoms with Gasteiger partial charge in [0.2, 0.25) is 0 Å². The van der Waals surface area contributed by atoms with Gasteiger partial charge in [-0.25, -0.2) is 15.0 Å². The molecule has 1 aliphatic heterocycles. The molecule has 1 N–H and O–H groups in total. The first kappa shape index (κ1) is 11.5. The van der Waals surface area contributed by atoms with E-state index in [0.29, 0.717) is 11.6 Å². The van der Waals surface area contributed by atoms with E-state index in [1.54, 1.807) is 6.33 Å². The summed E-state index contributed by atoms with van der Waals surface area (Å²) in [5.41, 5.74) is 1.50. The molecule has 0 aliphatic carbocycles. The summed E-state index contributed by atoms with van der Waals surface area (Å²) < 4.78 is 7.68. The molecule has 0 fully saturated rings. The van der Waals surface area contributed by atoms with Gasteiger partial charge in [-0.05, 0) is 6.08 Å². The predicted molar refractivity (Wildman–Crippen MR) is 71.8 cm³/mol. The number of aromatic nitrogens is 4. The second-order valence-corrected chi connectivity index (χ2v) is 4.29. The van der Waals surface area contributed by atoms with E-state index in [1.807, 2.05) is 23.8 Å². The zero-order valence-electron chi connectivity index (χ0n) is 9.82. The number of thiol groups is 1. The average Bonchev–Trinajstić information content (AvgIpc) is 3.03. The summed E-state index contributed by atoms with van der Waals surface area (Å²) in [4.78, 5) is 12.7. The summed E-state index contributed by atoms with van der Waals surface area (Å²) in [5.74, 6) is 1.38. The lowest BCUT2D eigenvalue weighted by Crippen LogP contribution is -2.13. The van der Waals surface area contributed by atoms with Crippen molar-refractivity contribution in [3.8, 4) is 0 Å². The predicted octanol–water partition coefficient (Wildman–Crippen LogP) is 1.25. The Bertz CT molecular complexity index is 596. The highest BCUT2D eigenvalue weighted by molar-refractivity contribution is 7.80. The van der Waals surface area contributed by atoms with Gasteiger partial charge in [-0.2, -0.15) is 12.6 Å². The first-order chi connectivity index (χ1) is 8.83. The molecule has 18 heavy (non-hydrogen) atoms. The Labute approximate surface area is 110 Å². The van der Waals surface area contributed by atoms with Gasteiger partial charge in [0.1, 0.15) is 11.8 Å². The highest BCUT2D eigenvalue weighted by Crippen LogP contribution is 2.26. The molecule has 3 rings (SSSR count). The Kier molecular flexibility index (Phi) is 2.92. The van der Waals surface area contributed by atoms with Crippen LogP contribution in [0.15, 0.2) is 24.8 Å². The number of rotatable bonds is 3. The van der Waals surface area contributed by atoms with E-state index in [9.17, 15) is 0 Å². The molecule has 0 saturated carbocycles. The van der Waals surface area contributed by atoms with E-state index in [2.05, 4.69) is 32.9 Å². The van der Waals surface area contributed by atoms with Gasteiger partial charge < -0.3 is 10.1 Å². The molecule has 0 radical (unpaired) electrons. The first-order valence-electron chi connectivity index (χ1n) is 5.63. The second-order valence-electron chi connectivity index (χ2n) is 3.93. The lowest BCUT2D eigenvalue weighted by Gasteiger charge is -2.14. The lowest BCUT2D eigenvalue weighted by molar-refractivity contribution is 0.0321. The van der Waals surface area contributed by atoms with Crippen LogP contribution in [0, 0.1) is 0 Å². The maximum absolute atomic E-state index is 5.79. The molecule has 2 aromatic heterocycles. The van der Waals surface area contributed by atoms with Crippen molar-refractivity contribution in [2.45, 2.75) is 12.3 Å². The van der Waals surface area contributed by atoms with Crippen LogP contribution in [0.3, 0.4) is 0 Å². The Balaban J connectivity index is 2.01. The van der Waals surface area contributed by atoms with Crippen LogP contribution in [0.2, 0.25) is 0 Å². The molecular formula is C11H13N5OS. The van der Waals surface area contributed by atoms with Crippen molar-refractivity contribution < 1.29 is 4.74 Å². The topological polar surface area (TPSA) is 64.9 Å². The maximum Gasteiger partial charge on any atom is 0.167 e. The van der Waals surface area contributed by atoms with Crippen molar-refractivity contribution in [2.75, 3.05) is 18.1 Å². The van der Waals surface area contributed by atoms with Gasteiger partial charge in [0.05, 0.1) is 12.4 Å². The summed E-state index contributed by atoms with van der Waals surface area (Å²) in [6.07, 6.45) is 7.09. The third kappa shape index (κ3) is 1.75. The number of imidazole rings is 1. The summed E-state index contributed by atoms with van der Waals surface area (Å²) >= 11 is 4.22. The molecule has 2 atom stereocenters. The third-order valence-electron chi connectivity index (χ3n) is 2.85. The molecule has 7 heteroatoms. The van der Waals surface area contributed by atoms with Crippen LogP contribution >= 0.6 is 12.6 Å². The lowest BCUT2D eigenvalue weighted by atomic mass is 10.4. The summed E-state index contributed by atoms with van der Waals surface area (Å²) in [5, 5.41) is 3.00. The molecule has 0 saturated heterocycles. The van der Waals surface area contributed by atoms with E-state index in [1.165, 1.54) is 6.33 Å². The largest absolute Gasteiger partial charge is 0.371 e. The van der Waals surface area contributed by atoms with Crippen LogP contribution in [0.25, 0.3) is 11.2 Å². The van der Waals surface area contributed by atoms with E-state index in [0.717, 1.165) is 11.2 Å². The van der Waals surface area contributed by atoms with Crippen LogP contribution in [0.1, 0.15) is 6.23 Å². The third-order valence-corrected chi connectivity index (χ3v) is 3.21. The summed E-state index contributed by atoms with van der Waals surface area (Å²) in [6.45, 7) is 0. The Morgan fingerprint density at radius 2 is 2.28 bits per heavy atom. The first-order valence-corrected chi connectivity index (χ1v) is 6.26. The van der Waals surface area contributed by atoms with Crippen LogP contribution in [-0.4, -0.2) is 38.4 Å². The average molecular weight is 263 g/mol. The number of nitrogens with zero attached hydrogens (tertiary/aromatic N) is 4. The molecule has 0 bridgehead atoms. The van der Waals surface area contributed by atoms with Crippen LogP contribution in [0.5, 0.6) is 0 Å². The van der Waals surface area contributed by atoms with Crippen molar-refractivity contribution in [2.24, 2.45) is 0 Å². The molecule has 0 spiro atoms. The standard InChI is InChI=1S/C11H13N5OS/c1-12-10-9-11(14-5-13-10)16(6-15-9)8-3-2-7(4-18)17-8/h2-3,5-8,18H,4H2,1H3,(H,12,13,14)/t7?,8-/m1/s1. The fourth-order valence-electron chi connectivity index (χ4n) is 1.97. The van der Waals surface area contributed by atoms with Gasteiger partial charge in [0.25, 0.3) is 0 Å². The normalized spacial score (nSPS) is 22.8. The molecule has 1 unspecified atom stereocenters. The van der Waals surface area contributed by atoms with Gasteiger partial charge in [-0.15, -0.1) is 0 Å². The summed E-state index contributed by atoms with van der Waals surface area (Å²) in [6, 6.07) is 0. The Hall–Kier alpha value is -1.60. The minimum absolute atomic E-state index is 0.0430. The maximum atomic E-state index is 5.79. The van der Waals surface area contributed by atoms with Crippen molar-refractivity contribution in [3.05, 3.63) is 24.8 Å². The van der Waals surface area contributed by atoms with E-state index in [4.69, 9.17) is 4.74 Å². The second kappa shape index (κ2) is 4.58. The molecule has 6 nitrogen and oxygen atoms in total. The van der Waals surface area contributed by atoms with E-state index in [-0.39, 0.29) is 12.3 Å². The fraction of sp³-hybridized carbons (Fsp3) is 0.364. The van der Waals surface area contributed by atoms with Crippen LogP contribution in [-0.2, 0) is 4.74 Å². The number of fused-ring (bicyclic) bond motifs is 1. The minimum Gasteiger partial charge on any atom is -0.371 e. The van der Waals surface area contributed by atoms with Gasteiger partial charge in [-0.3, -0.25) is 4.57 Å². The van der Waals surface area contributed by atoms with Crippen molar-refractivity contribution in [1.29, 1.82) is 0 Å². The number of nitrogens with one attached hydrogen (secondary N) is 1. The molecular weight excluding hydrogens is 250 g/mol. The van der Waals surface area contributed by atoms with Gasteiger partial charge in [0, 0.05) is 12.8 Å². The van der Waals surface area contributed by atoms with E-state index < -0.39 is 0 Å². The zero-order chi connectivity index (χ0) is 12.5. The van der Waals surface area contributed by atoms with Gasteiger partial charge in [-0.1, -0.05) is 6.08 Å². The fourth-order valence-corrected chi connectivity index (χ4v) is 2.18. The van der Waals surface area contributed by atoms with Crippen molar-refractivity contribution in [1.82, 2.24) is 19.5 Å². The van der Waals surface area contributed by atoms with Crippen LogP contribution < -0.4 is 5.32 Å². The van der Waals surface area contributed by atoms with Crippen LogP contribution in [0.4, 0.5) is 5.82 Å². The zero-order valence-corrected chi connectivity index (χ0v) is 10.7. The monoisotopic (exact) mass is 263 g/mol. The van der Waals surface area contributed by atoms with Gasteiger partial charge in [0.15, 0.2) is 17.7 Å². The smallest absolute Gasteiger partial charge is 0.167 e. The highest BCUT2D eigenvalue weighted by Gasteiger charge is 2.22. The molecule has 3 heterocycles. The summed E-state index contributed by atoms with van der Waals surface area (Å²) in [7, 11) is 1.81. The number of hydrogen-bond donors (Lipinski definition) is 2. The highest BCUT2D eigenvalue weighted by atomic mass is 32.1. The Morgan fingerprint density at radius 1 is 1.39 bits per heavy atom. The number of hydrogen-bond acceptors (Lipinski definition) is 6. The van der Waals surface area contributed by atoms with E-state index >= 15 is 0 Å². The SMILES string of the molecule is CNc1ncnc2c1ncn2[C@H]1C=CC(CS)O1. The minimum atomic E-state index is -0.174. The molecule has 2 aromatic rings. The van der Waals surface area contributed by atoms with Crippen molar-refractivity contribution >= 4 is 29.6 Å². The molecule has 0 aromatic carbocycles. The van der Waals surface area contributed by atoms with Gasteiger partial charge >= 0.3 is 0 Å². The quantitative estimate of drug-likeness (QED) is 0.644. The molecule has 1 aliphatic rings. The molecule has 0 amide bonds. The molecule has 94 valence electrons. The number of ether oxygens (including phenoxy) is 1. The number of anilines is 1.